The number of hydrogen-bond donors (Lipinski definition) is 2. The molecule has 1 aromatic heterocycles. The van der Waals surface area contributed by atoms with Crippen molar-refractivity contribution in [1.82, 2.24) is 9.97 Å². The Morgan fingerprint density at radius 2 is 2.05 bits per heavy atom. The molecule has 0 aliphatic rings. The first-order valence-corrected chi connectivity index (χ1v) is 6.39. The normalized spacial score (nSPS) is 11.7. The molecule has 0 saturated heterocycles. The van der Waals surface area contributed by atoms with E-state index in [0.717, 1.165) is 0 Å². The highest BCUT2D eigenvalue weighted by Crippen LogP contribution is 2.29. The summed E-state index contributed by atoms with van der Waals surface area (Å²) in [5.74, 6) is 0.400. The minimum Gasteiger partial charge on any atom is -0.399 e. The quantitative estimate of drug-likeness (QED) is 0.669. The van der Waals surface area contributed by atoms with E-state index in [2.05, 4.69) is 15.3 Å². The molecule has 3 N–H and O–H groups in total. The lowest BCUT2D eigenvalue weighted by molar-refractivity contribution is -0.0327. The predicted molar refractivity (Wildman–Crippen MR) is 71.0 cm³/mol. The van der Waals surface area contributed by atoms with E-state index in [0.29, 0.717) is 22.4 Å². The van der Waals surface area contributed by atoms with E-state index in [4.69, 9.17) is 5.73 Å². The van der Waals surface area contributed by atoms with E-state index in [-0.39, 0.29) is 24.1 Å². The fourth-order valence-corrected chi connectivity index (χ4v) is 1.99. The number of nitrogens with one attached hydrogen (secondary N) is 1. The van der Waals surface area contributed by atoms with E-state index in [1.807, 2.05) is 0 Å². The number of nitrogens with zero attached hydrogens (tertiary/aromatic N) is 2. The molecule has 8 heteroatoms. The minimum absolute atomic E-state index is 0.0692. The summed E-state index contributed by atoms with van der Waals surface area (Å²) < 4.78 is 35.9. The second-order valence-corrected chi connectivity index (χ2v) is 4.88. The molecule has 2 aromatic rings. The van der Waals surface area contributed by atoms with Crippen molar-refractivity contribution in [3.8, 4) is 0 Å². The maximum Gasteiger partial charge on any atom is 0.441 e. The Bertz CT molecular complexity index is 573. The fraction of sp³-hybridized carbons (Fsp3) is 0.273. The highest BCUT2D eigenvalue weighted by Gasteiger charge is 2.27. The molecular formula is C11H11F3N4S. The van der Waals surface area contributed by atoms with Gasteiger partial charge in [0.05, 0.1) is 5.52 Å². The lowest BCUT2D eigenvalue weighted by Gasteiger charge is -2.09. The van der Waals surface area contributed by atoms with Gasteiger partial charge in [0.1, 0.15) is 12.1 Å². The van der Waals surface area contributed by atoms with Crippen molar-refractivity contribution in [3.63, 3.8) is 0 Å². The number of halogens is 3. The Morgan fingerprint density at radius 1 is 1.26 bits per heavy atom. The second-order valence-electron chi connectivity index (χ2n) is 3.72. The molecule has 0 radical (unpaired) electrons. The van der Waals surface area contributed by atoms with Gasteiger partial charge in [0.2, 0.25) is 0 Å². The minimum atomic E-state index is -4.21. The van der Waals surface area contributed by atoms with Crippen LogP contribution >= 0.6 is 11.8 Å². The number of anilines is 2. The van der Waals surface area contributed by atoms with Crippen LogP contribution in [-0.2, 0) is 0 Å². The molecule has 0 bridgehead atoms. The average Bonchev–Trinajstić information content (AvgIpc) is 2.33. The van der Waals surface area contributed by atoms with E-state index < -0.39 is 5.51 Å². The summed E-state index contributed by atoms with van der Waals surface area (Å²) in [6.45, 7) is 0.158. The van der Waals surface area contributed by atoms with Gasteiger partial charge in [-0.3, -0.25) is 0 Å². The van der Waals surface area contributed by atoms with Crippen molar-refractivity contribution in [2.24, 2.45) is 0 Å². The zero-order valence-corrected chi connectivity index (χ0v) is 10.6. The van der Waals surface area contributed by atoms with Crippen molar-refractivity contribution in [1.29, 1.82) is 0 Å². The van der Waals surface area contributed by atoms with Crippen molar-refractivity contribution in [2.75, 3.05) is 23.3 Å². The SMILES string of the molecule is Nc1ccc2ncnc(NCCSC(F)(F)F)c2c1. The van der Waals surface area contributed by atoms with Crippen LogP contribution in [0.5, 0.6) is 0 Å². The molecule has 0 aliphatic carbocycles. The number of thioether (sulfide) groups is 1. The first-order valence-electron chi connectivity index (χ1n) is 5.40. The van der Waals surface area contributed by atoms with Gasteiger partial charge in [-0.05, 0) is 30.0 Å². The van der Waals surface area contributed by atoms with Gasteiger partial charge < -0.3 is 11.1 Å². The van der Waals surface area contributed by atoms with Crippen molar-refractivity contribution in [3.05, 3.63) is 24.5 Å². The zero-order chi connectivity index (χ0) is 13.9. The third kappa shape index (κ3) is 3.88. The van der Waals surface area contributed by atoms with Crippen LogP contribution in [0.2, 0.25) is 0 Å². The highest BCUT2D eigenvalue weighted by molar-refractivity contribution is 8.00. The molecule has 1 aromatic carbocycles. The van der Waals surface area contributed by atoms with Gasteiger partial charge in [-0.1, -0.05) is 0 Å². The number of alkyl halides is 3. The Hall–Kier alpha value is -1.70. The van der Waals surface area contributed by atoms with Crippen LogP contribution in [-0.4, -0.2) is 27.8 Å². The Morgan fingerprint density at radius 3 is 2.79 bits per heavy atom. The maximum atomic E-state index is 12.0. The Balaban J connectivity index is 2.06. The van der Waals surface area contributed by atoms with Crippen LogP contribution in [0, 0.1) is 0 Å². The van der Waals surface area contributed by atoms with Gasteiger partial charge in [0.15, 0.2) is 0 Å². The van der Waals surface area contributed by atoms with Crippen LogP contribution in [0.25, 0.3) is 10.9 Å². The molecule has 0 spiro atoms. The van der Waals surface area contributed by atoms with Gasteiger partial charge in [-0.2, -0.15) is 13.2 Å². The monoisotopic (exact) mass is 288 g/mol. The first kappa shape index (κ1) is 13.7. The van der Waals surface area contributed by atoms with Crippen molar-refractivity contribution in [2.45, 2.75) is 5.51 Å². The Kier molecular flexibility index (Phi) is 3.98. The van der Waals surface area contributed by atoms with Crippen LogP contribution in [0.4, 0.5) is 24.7 Å². The molecule has 0 aliphatic heterocycles. The van der Waals surface area contributed by atoms with Crippen LogP contribution in [0.3, 0.4) is 0 Å². The molecule has 0 atom stereocenters. The van der Waals surface area contributed by atoms with Crippen LogP contribution in [0.1, 0.15) is 0 Å². The predicted octanol–water partition coefficient (Wildman–Crippen LogP) is 2.88. The summed E-state index contributed by atoms with van der Waals surface area (Å²) in [7, 11) is 0. The first-order chi connectivity index (χ1) is 8.96. The molecule has 19 heavy (non-hydrogen) atoms. The van der Waals surface area contributed by atoms with Crippen molar-refractivity contribution < 1.29 is 13.2 Å². The van der Waals surface area contributed by atoms with Gasteiger partial charge >= 0.3 is 5.51 Å². The summed E-state index contributed by atoms with van der Waals surface area (Å²) >= 11 is -0.0692. The molecule has 0 fully saturated rings. The largest absolute Gasteiger partial charge is 0.441 e. The van der Waals surface area contributed by atoms with E-state index in [1.165, 1.54) is 6.33 Å². The number of nitrogen functional groups attached to an aromatic ring is 1. The number of fused-ring (bicyclic) bond motifs is 1. The second kappa shape index (κ2) is 5.52. The molecule has 4 nitrogen and oxygen atoms in total. The summed E-state index contributed by atoms with van der Waals surface area (Å²) in [6, 6.07) is 5.13. The number of nitrogens with two attached hydrogens (primary N) is 1. The molecule has 0 unspecified atom stereocenters. The molecule has 1 heterocycles. The van der Waals surface area contributed by atoms with E-state index in [1.54, 1.807) is 18.2 Å². The molecule has 102 valence electrons. The maximum absolute atomic E-state index is 12.0. The van der Waals surface area contributed by atoms with Crippen molar-refractivity contribution >= 4 is 34.2 Å². The van der Waals surface area contributed by atoms with Gasteiger partial charge in [0, 0.05) is 23.4 Å². The lowest BCUT2D eigenvalue weighted by atomic mass is 10.2. The molecule has 0 amide bonds. The third-order valence-corrected chi connectivity index (χ3v) is 3.06. The van der Waals surface area contributed by atoms with E-state index >= 15 is 0 Å². The smallest absolute Gasteiger partial charge is 0.399 e. The summed E-state index contributed by atoms with van der Waals surface area (Å²) in [5, 5.41) is 3.55. The standard InChI is InChI=1S/C11H11F3N4S/c12-11(13,14)19-4-3-16-10-8-5-7(15)1-2-9(8)17-6-18-10/h1-2,5-6H,3-4,15H2,(H,16,17,18). The zero-order valence-electron chi connectivity index (χ0n) is 9.74. The lowest BCUT2D eigenvalue weighted by Crippen LogP contribution is -2.10. The Labute approximate surface area is 111 Å². The topological polar surface area (TPSA) is 63.8 Å². The number of aromatic nitrogens is 2. The highest BCUT2D eigenvalue weighted by atomic mass is 32.2. The average molecular weight is 288 g/mol. The van der Waals surface area contributed by atoms with E-state index in [9.17, 15) is 13.2 Å². The third-order valence-electron chi connectivity index (χ3n) is 2.32. The fourth-order valence-electron chi connectivity index (χ4n) is 1.55. The van der Waals surface area contributed by atoms with Crippen LogP contribution in [0.15, 0.2) is 24.5 Å². The summed E-state index contributed by atoms with van der Waals surface area (Å²) in [4.78, 5) is 8.07. The molecular weight excluding hydrogens is 277 g/mol. The van der Waals surface area contributed by atoms with Crippen LogP contribution < -0.4 is 11.1 Å². The molecule has 0 saturated carbocycles. The van der Waals surface area contributed by atoms with Gasteiger partial charge in [-0.15, -0.1) is 0 Å². The number of hydrogen-bond acceptors (Lipinski definition) is 5. The number of benzene rings is 1. The number of rotatable bonds is 4. The van der Waals surface area contributed by atoms with Gasteiger partial charge in [-0.25, -0.2) is 9.97 Å². The summed E-state index contributed by atoms with van der Waals surface area (Å²) in [6.07, 6.45) is 1.36. The molecule has 2 rings (SSSR count). The summed E-state index contributed by atoms with van der Waals surface area (Å²) in [5.41, 5.74) is 2.70. The van der Waals surface area contributed by atoms with Gasteiger partial charge in [0.25, 0.3) is 0 Å².